The van der Waals surface area contributed by atoms with Crippen LogP contribution in [-0.4, -0.2) is 36.4 Å². The zero-order valence-corrected chi connectivity index (χ0v) is 10.6. The van der Waals surface area contributed by atoms with E-state index in [0.717, 1.165) is 32.5 Å². The summed E-state index contributed by atoms with van der Waals surface area (Å²) in [4.78, 5) is 14.4. The van der Waals surface area contributed by atoms with E-state index in [-0.39, 0.29) is 5.92 Å². The van der Waals surface area contributed by atoms with Gasteiger partial charge in [0.2, 0.25) is 0 Å². The summed E-state index contributed by atoms with van der Waals surface area (Å²) in [5.41, 5.74) is 1.29. The quantitative estimate of drug-likeness (QED) is 0.854. The molecule has 0 bridgehead atoms. The lowest BCUT2D eigenvalue weighted by Crippen LogP contribution is -2.57. The van der Waals surface area contributed by atoms with Gasteiger partial charge in [-0.2, -0.15) is 0 Å². The van der Waals surface area contributed by atoms with Crippen LogP contribution in [0, 0.1) is 5.92 Å². The predicted molar refractivity (Wildman–Crippen MR) is 71.2 cm³/mol. The maximum absolute atomic E-state index is 12.1. The van der Waals surface area contributed by atoms with E-state index in [1.54, 1.807) is 0 Å². The summed E-state index contributed by atoms with van der Waals surface area (Å²) >= 11 is 0. The Bertz CT molecular complexity index is 418. The highest BCUT2D eigenvalue weighted by Gasteiger charge is 2.36. The SMILES string of the molecule is O=C1CN(Cc2ccccc2)CC2NCCCC12. The van der Waals surface area contributed by atoms with Crippen LogP contribution in [0.5, 0.6) is 0 Å². The lowest BCUT2D eigenvalue weighted by Gasteiger charge is -2.40. The first-order valence-corrected chi connectivity index (χ1v) is 6.85. The van der Waals surface area contributed by atoms with Gasteiger partial charge in [-0.25, -0.2) is 0 Å². The molecule has 3 heteroatoms. The number of Topliss-reactive ketones (excluding diaryl/α,β-unsaturated/α-hetero) is 1. The number of nitrogens with zero attached hydrogens (tertiary/aromatic N) is 1. The molecule has 1 N–H and O–H groups in total. The fraction of sp³-hybridized carbons (Fsp3) is 0.533. The van der Waals surface area contributed by atoms with Crippen molar-refractivity contribution in [3.63, 3.8) is 0 Å². The molecule has 2 unspecified atom stereocenters. The number of likely N-dealkylation sites (tertiary alicyclic amines) is 1. The molecule has 0 aromatic heterocycles. The van der Waals surface area contributed by atoms with E-state index >= 15 is 0 Å². The molecular weight excluding hydrogens is 224 g/mol. The third-order valence-corrected chi connectivity index (χ3v) is 4.08. The summed E-state index contributed by atoms with van der Waals surface area (Å²) < 4.78 is 0. The number of hydrogen-bond acceptors (Lipinski definition) is 3. The Hall–Kier alpha value is -1.19. The number of benzene rings is 1. The van der Waals surface area contributed by atoms with Gasteiger partial charge in [-0.05, 0) is 24.9 Å². The Kier molecular flexibility index (Phi) is 3.43. The van der Waals surface area contributed by atoms with Crippen molar-refractivity contribution < 1.29 is 4.79 Å². The molecule has 0 aliphatic carbocycles. The van der Waals surface area contributed by atoms with Crippen LogP contribution in [0.15, 0.2) is 30.3 Å². The fourth-order valence-electron chi connectivity index (χ4n) is 3.17. The van der Waals surface area contributed by atoms with Crippen LogP contribution >= 0.6 is 0 Å². The van der Waals surface area contributed by atoms with E-state index in [1.165, 1.54) is 5.56 Å². The van der Waals surface area contributed by atoms with Gasteiger partial charge in [-0.15, -0.1) is 0 Å². The summed E-state index contributed by atoms with van der Waals surface area (Å²) in [6, 6.07) is 10.8. The highest BCUT2D eigenvalue weighted by Crippen LogP contribution is 2.23. The van der Waals surface area contributed by atoms with Gasteiger partial charge in [0.15, 0.2) is 5.78 Å². The number of fused-ring (bicyclic) bond motifs is 1. The smallest absolute Gasteiger partial charge is 0.151 e. The molecule has 0 spiro atoms. The van der Waals surface area contributed by atoms with Crippen LogP contribution in [0.3, 0.4) is 0 Å². The average molecular weight is 244 g/mol. The van der Waals surface area contributed by atoms with Gasteiger partial charge in [-0.3, -0.25) is 9.69 Å². The first kappa shape index (κ1) is 11.9. The molecule has 2 heterocycles. The molecule has 2 atom stereocenters. The van der Waals surface area contributed by atoms with Crippen molar-refractivity contribution in [3.05, 3.63) is 35.9 Å². The lowest BCUT2D eigenvalue weighted by molar-refractivity contribution is -0.129. The van der Waals surface area contributed by atoms with Crippen LogP contribution in [0.25, 0.3) is 0 Å². The fourth-order valence-corrected chi connectivity index (χ4v) is 3.17. The van der Waals surface area contributed by atoms with E-state index in [2.05, 4.69) is 34.5 Å². The molecule has 18 heavy (non-hydrogen) atoms. The number of ketones is 1. The Morgan fingerprint density at radius 2 is 2.11 bits per heavy atom. The van der Waals surface area contributed by atoms with E-state index < -0.39 is 0 Å². The monoisotopic (exact) mass is 244 g/mol. The molecule has 96 valence electrons. The Labute approximate surface area is 108 Å². The number of carbonyl (C=O) groups excluding carboxylic acids is 1. The third-order valence-electron chi connectivity index (χ3n) is 4.08. The van der Waals surface area contributed by atoms with Crippen molar-refractivity contribution in [1.82, 2.24) is 10.2 Å². The van der Waals surface area contributed by atoms with Crippen LogP contribution in [0.2, 0.25) is 0 Å². The minimum atomic E-state index is 0.269. The molecular formula is C15H20N2O. The molecule has 2 aliphatic rings. The zero-order valence-electron chi connectivity index (χ0n) is 10.6. The second-order valence-corrected chi connectivity index (χ2v) is 5.43. The molecule has 0 radical (unpaired) electrons. The minimum absolute atomic E-state index is 0.269. The number of nitrogens with one attached hydrogen (secondary N) is 1. The van der Waals surface area contributed by atoms with Crippen molar-refractivity contribution in [3.8, 4) is 0 Å². The molecule has 0 saturated carbocycles. The standard InChI is InChI=1S/C15H20N2O/c18-15-11-17(9-12-5-2-1-3-6-12)10-14-13(15)7-4-8-16-14/h1-3,5-6,13-14,16H,4,7-11H2. The number of piperidine rings is 2. The molecule has 2 fully saturated rings. The topological polar surface area (TPSA) is 32.3 Å². The summed E-state index contributed by atoms with van der Waals surface area (Å²) in [5.74, 6) is 0.695. The highest BCUT2D eigenvalue weighted by atomic mass is 16.1. The minimum Gasteiger partial charge on any atom is -0.312 e. The number of hydrogen-bond donors (Lipinski definition) is 1. The first-order chi connectivity index (χ1) is 8.83. The largest absolute Gasteiger partial charge is 0.312 e. The normalized spacial score (nSPS) is 29.0. The van der Waals surface area contributed by atoms with Crippen molar-refractivity contribution in [1.29, 1.82) is 0 Å². The third kappa shape index (κ3) is 2.47. The van der Waals surface area contributed by atoms with Gasteiger partial charge >= 0.3 is 0 Å². The average Bonchev–Trinajstić information content (AvgIpc) is 2.40. The van der Waals surface area contributed by atoms with Crippen LogP contribution in [-0.2, 0) is 11.3 Å². The predicted octanol–water partition coefficient (Wildman–Crippen LogP) is 1.44. The van der Waals surface area contributed by atoms with Crippen LogP contribution < -0.4 is 5.32 Å². The van der Waals surface area contributed by atoms with E-state index in [1.807, 2.05) is 6.07 Å². The molecule has 3 nitrogen and oxygen atoms in total. The molecule has 3 rings (SSSR count). The van der Waals surface area contributed by atoms with Crippen molar-refractivity contribution in [2.45, 2.75) is 25.4 Å². The summed E-state index contributed by atoms with van der Waals surface area (Å²) in [5, 5.41) is 3.50. The van der Waals surface area contributed by atoms with Gasteiger partial charge in [0, 0.05) is 25.0 Å². The molecule has 1 aromatic carbocycles. The van der Waals surface area contributed by atoms with Crippen molar-refractivity contribution >= 4 is 5.78 Å². The molecule has 2 aliphatic heterocycles. The van der Waals surface area contributed by atoms with Crippen molar-refractivity contribution in [2.24, 2.45) is 5.92 Å². The molecule has 0 amide bonds. The molecule has 1 aromatic rings. The number of carbonyl (C=O) groups is 1. The molecule has 2 saturated heterocycles. The zero-order chi connectivity index (χ0) is 12.4. The summed E-state index contributed by atoms with van der Waals surface area (Å²) in [6.45, 7) is 3.58. The maximum atomic E-state index is 12.1. The second-order valence-electron chi connectivity index (χ2n) is 5.43. The van der Waals surface area contributed by atoms with E-state index in [4.69, 9.17) is 0 Å². The Morgan fingerprint density at radius 3 is 2.94 bits per heavy atom. The Balaban J connectivity index is 1.66. The number of rotatable bonds is 2. The Morgan fingerprint density at radius 1 is 1.28 bits per heavy atom. The van der Waals surface area contributed by atoms with Gasteiger partial charge in [0.1, 0.15) is 0 Å². The summed E-state index contributed by atoms with van der Waals surface area (Å²) in [6.07, 6.45) is 2.22. The highest BCUT2D eigenvalue weighted by molar-refractivity contribution is 5.84. The van der Waals surface area contributed by atoms with Gasteiger partial charge in [0.25, 0.3) is 0 Å². The van der Waals surface area contributed by atoms with Crippen LogP contribution in [0.4, 0.5) is 0 Å². The van der Waals surface area contributed by atoms with Crippen LogP contribution in [0.1, 0.15) is 18.4 Å². The lowest BCUT2D eigenvalue weighted by atomic mass is 9.84. The van der Waals surface area contributed by atoms with E-state index in [9.17, 15) is 4.79 Å². The van der Waals surface area contributed by atoms with E-state index in [0.29, 0.717) is 18.4 Å². The second kappa shape index (κ2) is 5.21. The maximum Gasteiger partial charge on any atom is 0.151 e. The van der Waals surface area contributed by atoms with Gasteiger partial charge < -0.3 is 5.32 Å². The van der Waals surface area contributed by atoms with Gasteiger partial charge in [-0.1, -0.05) is 30.3 Å². The first-order valence-electron chi connectivity index (χ1n) is 6.85. The summed E-state index contributed by atoms with van der Waals surface area (Å²) in [7, 11) is 0. The van der Waals surface area contributed by atoms with Crippen molar-refractivity contribution in [2.75, 3.05) is 19.6 Å². The van der Waals surface area contributed by atoms with Gasteiger partial charge in [0.05, 0.1) is 6.54 Å².